The van der Waals surface area contributed by atoms with Gasteiger partial charge in [-0.2, -0.15) is 0 Å². The van der Waals surface area contributed by atoms with Crippen molar-refractivity contribution < 1.29 is 24.5 Å². The Balaban J connectivity index is 3.38. The first kappa shape index (κ1) is 77.3. The molecule has 1 amide bonds. The third kappa shape index (κ3) is 65.4. The molecule has 3 N–H and O–H groups in total. The largest absolute Gasteiger partial charge is 0.466 e. The minimum Gasteiger partial charge on any atom is -0.466 e. The lowest BCUT2D eigenvalue weighted by Gasteiger charge is -2.22. The predicted molar refractivity (Wildman–Crippen MR) is 347 cm³/mol. The van der Waals surface area contributed by atoms with Gasteiger partial charge >= 0.3 is 5.97 Å². The molecule has 2 unspecified atom stereocenters. The number of ether oxygens (including phenoxy) is 1. The number of carbonyl (C=O) groups is 2. The van der Waals surface area contributed by atoms with Gasteiger partial charge in [0.25, 0.3) is 0 Å². The molecule has 0 fully saturated rings. The van der Waals surface area contributed by atoms with Crippen LogP contribution < -0.4 is 5.32 Å². The maximum absolute atomic E-state index is 12.5. The van der Waals surface area contributed by atoms with Gasteiger partial charge in [-0.1, -0.05) is 359 Å². The number of nitrogens with one attached hydrogen (secondary N) is 1. The monoisotopic (exact) mass is 1110 g/mol. The average molecular weight is 1110 g/mol. The summed E-state index contributed by atoms with van der Waals surface area (Å²) in [5, 5.41) is 23.4. The molecule has 0 aliphatic rings. The molecule has 6 nitrogen and oxygen atoms in total. The molecule has 0 aromatic rings. The highest BCUT2D eigenvalue weighted by molar-refractivity contribution is 5.76. The number of hydrogen-bond acceptors (Lipinski definition) is 5. The van der Waals surface area contributed by atoms with Crippen LogP contribution in [0.3, 0.4) is 0 Å². The van der Waals surface area contributed by atoms with Crippen LogP contribution in [0.25, 0.3) is 0 Å². The molecular weight excluding hydrogens is 971 g/mol. The van der Waals surface area contributed by atoms with E-state index in [9.17, 15) is 19.8 Å². The molecule has 0 saturated carbocycles. The second-order valence-corrected chi connectivity index (χ2v) is 24.9. The van der Waals surface area contributed by atoms with Crippen LogP contribution in [0.15, 0.2) is 24.3 Å². The van der Waals surface area contributed by atoms with Crippen LogP contribution in [-0.2, 0) is 14.3 Å². The molecule has 0 bridgehead atoms. The molecule has 0 aliphatic heterocycles. The lowest BCUT2D eigenvalue weighted by atomic mass is 10.0. The van der Waals surface area contributed by atoms with Gasteiger partial charge in [-0.3, -0.25) is 9.59 Å². The number of rotatable bonds is 68. The molecule has 0 rings (SSSR count). The fraction of sp³-hybridized carbons (Fsp3) is 0.918. The summed E-state index contributed by atoms with van der Waals surface area (Å²) in [7, 11) is 0. The molecule has 6 heteroatoms. The number of aliphatic hydroxyl groups is 2. The molecule has 0 heterocycles. The smallest absolute Gasteiger partial charge is 0.305 e. The maximum atomic E-state index is 12.5. The van der Waals surface area contributed by atoms with Gasteiger partial charge in [0.05, 0.1) is 25.4 Å². The van der Waals surface area contributed by atoms with Crippen molar-refractivity contribution in [1.82, 2.24) is 5.32 Å². The summed E-state index contributed by atoms with van der Waals surface area (Å²) in [5.74, 6) is -0.0149. The fourth-order valence-electron chi connectivity index (χ4n) is 11.5. The average Bonchev–Trinajstić information content (AvgIpc) is 3.45. The lowest BCUT2D eigenvalue weighted by molar-refractivity contribution is -0.143. The Morgan fingerprint density at radius 1 is 0.354 bits per heavy atom. The van der Waals surface area contributed by atoms with Crippen molar-refractivity contribution in [2.75, 3.05) is 13.2 Å². The number of hydrogen-bond donors (Lipinski definition) is 3. The molecule has 0 aromatic carbocycles. The van der Waals surface area contributed by atoms with Gasteiger partial charge in [-0.25, -0.2) is 0 Å². The first-order valence-corrected chi connectivity index (χ1v) is 36.1. The Labute approximate surface area is 494 Å². The quantitative estimate of drug-likeness (QED) is 0.0320. The van der Waals surface area contributed by atoms with Crippen molar-refractivity contribution >= 4 is 11.9 Å². The summed E-state index contributed by atoms with van der Waals surface area (Å²) in [6, 6.07) is -0.541. The van der Waals surface area contributed by atoms with Gasteiger partial charge in [0, 0.05) is 12.8 Å². The second-order valence-electron chi connectivity index (χ2n) is 24.9. The molecule has 0 radical (unpaired) electrons. The molecule has 0 spiro atoms. The zero-order chi connectivity index (χ0) is 57.1. The number of amides is 1. The number of aliphatic hydroxyl groups excluding tert-OH is 2. The Morgan fingerprint density at radius 3 is 0.962 bits per heavy atom. The van der Waals surface area contributed by atoms with Crippen molar-refractivity contribution in [3.05, 3.63) is 24.3 Å². The molecule has 79 heavy (non-hydrogen) atoms. The first-order valence-electron chi connectivity index (χ1n) is 36.1. The minimum absolute atomic E-state index is 0.0154. The second kappa shape index (κ2) is 68.8. The molecule has 0 aromatic heterocycles. The highest BCUT2D eigenvalue weighted by Gasteiger charge is 2.20. The third-order valence-electron chi connectivity index (χ3n) is 17.0. The summed E-state index contributed by atoms with van der Waals surface area (Å²) in [6.07, 6.45) is 86.6. The van der Waals surface area contributed by atoms with Gasteiger partial charge in [0.1, 0.15) is 0 Å². The summed E-state index contributed by atoms with van der Waals surface area (Å²) in [6.45, 7) is 4.99. The normalized spacial score (nSPS) is 12.6. The molecule has 0 saturated heterocycles. The Hall–Kier alpha value is -1.66. The van der Waals surface area contributed by atoms with E-state index in [2.05, 4.69) is 43.5 Å². The van der Waals surface area contributed by atoms with Crippen LogP contribution >= 0.6 is 0 Å². The Kier molecular flexibility index (Phi) is 67.4. The van der Waals surface area contributed by atoms with E-state index in [0.29, 0.717) is 25.9 Å². The van der Waals surface area contributed by atoms with Crippen molar-refractivity contribution in [2.24, 2.45) is 0 Å². The van der Waals surface area contributed by atoms with Gasteiger partial charge in [0.2, 0.25) is 5.91 Å². The van der Waals surface area contributed by atoms with E-state index in [1.807, 2.05) is 0 Å². The number of allylic oxidation sites excluding steroid dienone is 4. The van der Waals surface area contributed by atoms with Gasteiger partial charge in [-0.05, 0) is 57.8 Å². The maximum Gasteiger partial charge on any atom is 0.305 e. The minimum atomic E-state index is -0.664. The highest BCUT2D eigenvalue weighted by Crippen LogP contribution is 2.19. The van der Waals surface area contributed by atoms with Crippen molar-refractivity contribution in [2.45, 2.75) is 418 Å². The van der Waals surface area contributed by atoms with Crippen LogP contribution in [0.4, 0.5) is 0 Å². The van der Waals surface area contributed by atoms with E-state index < -0.39 is 12.1 Å². The summed E-state index contributed by atoms with van der Waals surface area (Å²) in [4.78, 5) is 24.6. The van der Waals surface area contributed by atoms with Crippen LogP contribution in [0, 0.1) is 0 Å². The first-order chi connectivity index (χ1) is 39.0. The van der Waals surface area contributed by atoms with Gasteiger partial charge in [0.15, 0.2) is 0 Å². The Morgan fingerprint density at radius 2 is 0.633 bits per heavy atom. The number of unbranched alkanes of at least 4 members (excludes halogenated alkanes) is 53. The zero-order valence-electron chi connectivity index (χ0n) is 53.6. The van der Waals surface area contributed by atoms with Crippen molar-refractivity contribution in [3.8, 4) is 0 Å². The van der Waals surface area contributed by atoms with Crippen molar-refractivity contribution in [3.63, 3.8) is 0 Å². The van der Waals surface area contributed by atoms with E-state index in [-0.39, 0.29) is 18.5 Å². The lowest BCUT2D eigenvalue weighted by Crippen LogP contribution is -2.45. The third-order valence-corrected chi connectivity index (χ3v) is 17.0. The van der Waals surface area contributed by atoms with Gasteiger partial charge < -0.3 is 20.3 Å². The van der Waals surface area contributed by atoms with E-state index in [4.69, 9.17) is 4.74 Å². The van der Waals surface area contributed by atoms with Gasteiger partial charge in [-0.15, -0.1) is 0 Å². The molecule has 468 valence electrons. The van der Waals surface area contributed by atoms with E-state index in [1.54, 1.807) is 0 Å². The standard InChI is InChI=1S/C73H141NO5/c1-3-5-7-9-11-13-15-17-18-19-35-38-42-45-49-53-57-61-65-71(76)70(69-75)74-72(77)66-62-58-54-50-46-43-39-36-33-31-29-27-25-23-21-20-22-24-26-28-30-32-34-37-40-44-48-52-56-60-64-68-79-73(78)67-63-59-55-51-47-41-16-14-12-10-8-6-4-2/h22,24,28,30,70-71,75-76H,3-21,23,25-27,29,31-69H2,1-2H3,(H,74,77)/b24-22-,30-28-. The predicted octanol–water partition coefficient (Wildman–Crippen LogP) is 23.3. The van der Waals surface area contributed by atoms with Crippen LogP contribution in [0.5, 0.6) is 0 Å². The Bertz CT molecular complexity index is 1230. The van der Waals surface area contributed by atoms with Crippen LogP contribution in [0.1, 0.15) is 406 Å². The molecular formula is C73H141NO5. The summed E-state index contributed by atoms with van der Waals surface area (Å²) >= 11 is 0. The van der Waals surface area contributed by atoms with E-state index >= 15 is 0 Å². The number of carbonyl (C=O) groups excluding carboxylic acids is 2. The van der Waals surface area contributed by atoms with E-state index in [0.717, 1.165) is 44.9 Å². The van der Waals surface area contributed by atoms with Crippen LogP contribution in [-0.4, -0.2) is 47.4 Å². The summed E-state index contributed by atoms with van der Waals surface area (Å²) in [5.41, 5.74) is 0. The van der Waals surface area contributed by atoms with Crippen LogP contribution in [0.2, 0.25) is 0 Å². The highest BCUT2D eigenvalue weighted by atomic mass is 16.5. The SMILES string of the molecule is CCCCCCCCCCCCCCCCCCCCC(O)C(CO)NC(=O)CCCCCCCCCCCCCCCCC/C=C\C/C=C\CCCCCCCCCCCOC(=O)CCCCCCCCCCCCCCC. The number of esters is 1. The fourth-order valence-corrected chi connectivity index (χ4v) is 11.5. The zero-order valence-corrected chi connectivity index (χ0v) is 53.6. The molecule has 0 aliphatic carbocycles. The molecule has 2 atom stereocenters. The van der Waals surface area contributed by atoms with E-state index in [1.165, 1.54) is 327 Å². The topological polar surface area (TPSA) is 95.9 Å². The van der Waals surface area contributed by atoms with Crippen molar-refractivity contribution in [1.29, 1.82) is 0 Å². The summed E-state index contributed by atoms with van der Waals surface area (Å²) < 4.78 is 5.48.